The van der Waals surface area contributed by atoms with Gasteiger partial charge in [-0.15, -0.1) is 0 Å². The van der Waals surface area contributed by atoms with Gasteiger partial charge in [-0.1, -0.05) is 19.1 Å². The van der Waals surface area contributed by atoms with Gasteiger partial charge in [0.15, 0.2) is 11.5 Å². The average molecular weight is 399 g/mol. The second-order valence-corrected chi connectivity index (χ2v) is 6.82. The van der Waals surface area contributed by atoms with Crippen molar-refractivity contribution in [1.29, 1.82) is 0 Å². The number of aliphatic hydroxyl groups is 1. The lowest BCUT2D eigenvalue weighted by molar-refractivity contribution is -0.130. The Bertz CT molecular complexity index is 929. The first-order valence-corrected chi connectivity index (χ1v) is 9.54. The number of aliphatic hydroxyl groups excluding tert-OH is 1. The van der Waals surface area contributed by atoms with Crippen LogP contribution in [0.1, 0.15) is 41.3 Å². The van der Waals surface area contributed by atoms with Gasteiger partial charge in [0.25, 0.3) is 5.91 Å². The van der Waals surface area contributed by atoms with Gasteiger partial charge in [-0.05, 0) is 43.2 Å². The van der Waals surface area contributed by atoms with Crippen LogP contribution in [0, 0.1) is 6.92 Å². The van der Waals surface area contributed by atoms with Crippen molar-refractivity contribution in [2.75, 3.05) is 26.9 Å². The molecule has 0 bridgehead atoms. The van der Waals surface area contributed by atoms with Crippen molar-refractivity contribution in [3.05, 3.63) is 64.8 Å². The lowest BCUT2D eigenvalue weighted by Crippen LogP contribution is -2.34. The molecule has 0 spiro atoms. The molecule has 0 saturated carbocycles. The Morgan fingerprint density at radius 1 is 1.24 bits per heavy atom. The van der Waals surface area contributed by atoms with E-state index in [-0.39, 0.29) is 24.5 Å². The van der Waals surface area contributed by atoms with Crippen molar-refractivity contribution in [2.45, 2.75) is 26.3 Å². The Kier molecular flexibility index (Phi) is 6.39. The fraction of sp³-hybridized carbons (Fsp3) is 0.364. The maximum atomic E-state index is 13.1. The van der Waals surface area contributed by atoms with Crippen LogP contribution < -0.4 is 4.74 Å². The Morgan fingerprint density at radius 3 is 2.69 bits per heavy atom. The summed E-state index contributed by atoms with van der Waals surface area (Å²) in [6, 6.07) is 9.64. The SMILES string of the molecule is CCCOc1cccc([C@H]2C(C(=O)c3ccc(C)o3)=C(O)C(=O)N2CCOC)c1. The minimum atomic E-state index is -0.763. The number of Topliss-reactive ketones (excluding diaryl/α,β-unsaturated/α-hetero) is 1. The van der Waals surface area contributed by atoms with E-state index in [0.29, 0.717) is 23.7 Å². The van der Waals surface area contributed by atoms with Gasteiger partial charge in [0.1, 0.15) is 11.5 Å². The molecule has 1 aliphatic rings. The van der Waals surface area contributed by atoms with Crippen LogP contribution in [-0.2, 0) is 9.53 Å². The highest BCUT2D eigenvalue weighted by molar-refractivity contribution is 6.15. The quantitative estimate of drug-likeness (QED) is 0.648. The van der Waals surface area contributed by atoms with Gasteiger partial charge >= 0.3 is 0 Å². The molecule has 154 valence electrons. The number of benzene rings is 1. The molecule has 29 heavy (non-hydrogen) atoms. The Labute approximate surface area is 169 Å². The first kappa shape index (κ1) is 20.7. The van der Waals surface area contributed by atoms with Crippen molar-refractivity contribution < 1.29 is 28.6 Å². The lowest BCUT2D eigenvalue weighted by atomic mass is 9.95. The van der Waals surface area contributed by atoms with E-state index in [2.05, 4.69) is 0 Å². The van der Waals surface area contributed by atoms with Crippen LogP contribution in [0.4, 0.5) is 0 Å². The van der Waals surface area contributed by atoms with Crippen molar-refractivity contribution >= 4 is 11.7 Å². The first-order chi connectivity index (χ1) is 14.0. The predicted octanol–water partition coefficient (Wildman–Crippen LogP) is 3.60. The molecule has 0 saturated heterocycles. The molecule has 2 heterocycles. The molecule has 1 N–H and O–H groups in total. The second kappa shape index (κ2) is 8.96. The van der Waals surface area contributed by atoms with Crippen LogP contribution in [0.3, 0.4) is 0 Å². The number of nitrogens with zero attached hydrogens (tertiary/aromatic N) is 1. The molecule has 0 unspecified atom stereocenters. The molecule has 1 aliphatic heterocycles. The van der Waals surface area contributed by atoms with Crippen LogP contribution >= 0.6 is 0 Å². The minimum absolute atomic E-state index is 0.00639. The molecule has 1 atom stereocenters. The highest BCUT2D eigenvalue weighted by Crippen LogP contribution is 2.39. The molecule has 0 radical (unpaired) electrons. The summed E-state index contributed by atoms with van der Waals surface area (Å²) in [5.41, 5.74) is 0.659. The summed E-state index contributed by atoms with van der Waals surface area (Å²) in [6.07, 6.45) is 0.856. The van der Waals surface area contributed by atoms with E-state index in [9.17, 15) is 14.7 Å². The van der Waals surface area contributed by atoms with E-state index in [0.717, 1.165) is 6.42 Å². The normalized spacial score (nSPS) is 16.6. The number of methoxy groups -OCH3 is 1. The van der Waals surface area contributed by atoms with E-state index in [1.165, 1.54) is 18.1 Å². The minimum Gasteiger partial charge on any atom is -0.503 e. The van der Waals surface area contributed by atoms with Crippen LogP contribution in [0.25, 0.3) is 0 Å². The number of hydrogen-bond acceptors (Lipinski definition) is 6. The van der Waals surface area contributed by atoms with Gasteiger partial charge in [-0.25, -0.2) is 0 Å². The predicted molar refractivity (Wildman–Crippen MR) is 106 cm³/mol. The Morgan fingerprint density at radius 2 is 2.03 bits per heavy atom. The highest BCUT2D eigenvalue weighted by atomic mass is 16.5. The first-order valence-electron chi connectivity index (χ1n) is 9.54. The van der Waals surface area contributed by atoms with Crippen LogP contribution in [0.5, 0.6) is 5.75 Å². The van der Waals surface area contributed by atoms with E-state index >= 15 is 0 Å². The summed E-state index contributed by atoms with van der Waals surface area (Å²) in [4.78, 5) is 27.3. The number of aryl methyl sites for hydroxylation is 1. The Hall–Kier alpha value is -3.06. The number of carbonyl (C=O) groups excluding carboxylic acids is 2. The number of amides is 1. The third-order valence-corrected chi connectivity index (χ3v) is 4.70. The maximum Gasteiger partial charge on any atom is 0.290 e. The number of hydrogen-bond donors (Lipinski definition) is 1. The fourth-order valence-corrected chi connectivity index (χ4v) is 3.34. The molecule has 0 aliphatic carbocycles. The summed E-state index contributed by atoms with van der Waals surface area (Å²) >= 11 is 0. The Balaban J connectivity index is 2.04. The van der Waals surface area contributed by atoms with E-state index in [1.807, 2.05) is 13.0 Å². The van der Waals surface area contributed by atoms with Gasteiger partial charge in [-0.3, -0.25) is 9.59 Å². The summed E-state index contributed by atoms with van der Waals surface area (Å²) in [5, 5.41) is 10.6. The lowest BCUT2D eigenvalue weighted by Gasteiger charge is -2.26. The summed E-state index contributed by atoms with van der Waals surface area (Å²) < 4.78 is 16.3. The highest BCUT2D eigenvalue weighted by Gasteiger charge is 2.44. The van der Waals surface area contributed by atoms with Crippen molar-refractivity contribution in [3.8, 4) is 5.75 Å². The summed E-state index contributed by atoms with van der Waals surface area (Å²) in [7, 11) is 1.53. The van der Waals surface area contributed by atoms with E-state index in [4.69, 9.17) is 13.9 Å². The largest absolute Gasteiger partial charge is 0.503 e. The van der Waals surface area contributed by atoms with Gasteiger partial charge in [0.05, 0.1) is 24.8 Å². The maximum absolute atomic E-state index is 13.1. The number of rotatable bonds is 9. The zero-order chi connectivity index (χ0) is 21.0. The average Bonchev–Trinajstić information content (AvgIpc) is 3.26. The molecule has 7 nitrogen and oxygen atoms in total. The van der Waals surface area contributed by atoms with Gasteiger partial charge in [0, 0.05) is 13.7 Å². The number of carbonyl (C=O) groups is 2. The number of ether oxygens (including phenoxy) is 2. The second-order valence-electron chi connectivity index (χ2n) is 6.82. The van der Waals surface area contributed by atoms with Gasteiger partial charge in [-0.2, -0.15) is 0 Å². The van der Waals surface area contributed by atoms with Crippen LogP contribution in [0.15, 0.2) is 52.1 Å². The molecule has 1 amide bonds. The standard InChI is InChI=1S/C22H25NO6/c1-4-11-28-16-7-5-6-15(13-16)19-18(20(24)17-9-8-14(2)29-17)21(25)22(26)23(19)10-12-27-3/h5-9,13,19,25H,4,10-12H2,1-3H3/t19-/m0/s1. The summed E-state index contributed by atoms with van der Waals surface area (Å²) in [6.45, 7) is 4.77. The van der Waals surface area contributed by atoms with E-state index < -0.39 is 23.5 Å². The molecular weight excluding hydrogens is 374 g/mol. The third kappa shape index (κ3) is 4.19. The number of furan rings is 1. The van der Waals surface area contributed by atoms with Crippen LogP contribution in [0.2, 0.25) is 0 Å². The van der Waals surface area contributed by atoms with Crippen molar-refractivity contribution in [1.82, 2.24) is 4.90 Å². The van der Waals surface area contributed by atoms with Crippen molar-refractivity contribution in [2.24, 2.45) is 0 Å². The molecule has 1 aromatic carbocycles. The van der Waals surface area contributed by atoms with Crippen molar-refractivity contribution in [3.63, 3.8) is 0 Å². The summed E-state index contributed by atoms with van der Waals surface area (Å²) in [5.74, 6) is -0.415. The molecule has 1 aromatic heterocycles. The molecule has 3 rings (SSSR count). The molecule has 0 fully saturated rings. The zero-order valence-electron chi connectivity index (χ0n) is 16.8. The molecule has 7 heteroatoms. The molecular formula is C22H25NO6. The monoisotopic (exact) mass is 399 g/mol. The number of ketones is 1. The van der Waals surface area contributed by atoms with E-state index in [1.54, 1.807) is 31.2 Å². The molecule has 2 aromatic rings. The van der Waals surface area contributed by atoms with Gasteiger partial charge < -0.3 is 23.9 Å². The zero-order valence-corrected chi connectivity index (χ0v) is 16.8. The van der Waals surface area contributed by atoms with Gasteiger partial charge in [0.2, 0.25) is 5.78 Å². The smallest absolute Gasteiger partial charge is 0.290 e. The third-order valence-electron chi connectivity index (χ3n) is 4.70. The topological polar surface area (TPSA) is 89.2 Å². The fourth-order valence-electron chi connectivity index (χ4n) is 3.34. The van der Waals surface area contributed by atoms with Crippen LogP contribution in [-0.4, -0.2) is 48.6 Å².